The van der Waals surface area contributed by atoms with Crippen molar-refractivity contribution in [1.82, 2.24) is 15.8 Å². The fourth-order valence-electron chi connectivity index (χ4n) is 3.46. The minimum absolute atomic E-state index is 0.0289. The third-order valence-electron chi connectivity index (χ3n) is 5.01. The molecule has 0 aliphatic carbocycles. The summed E-state index contributed by atoms with van der Waals surface area (Å²) in [5.74, 6) is 0.376. The summed E-state index contributed by atoms with van der Waals surface area (Å²) in [5, 5.41) is 3.50. The Morgan fingerprint density at radius 2 is 1.87 bits per heavy atom. The molecule has 4 amide bonds. The molecule has 156 valence electrons. The number of nitrogens with one attached hydrogen (secondary N) is 2. The zero-order chi connectivity index (χ0) is 21.1. The highest BCUT2D eigenvalue weighted by molar-refractivity contribution is 8.00. The number of rotatable bonds is 6. The number of urea groups is 1. The van der Waals surface area contributed by atoms with E-state index in [1.807, 2.05) is 19.1 Å². The van der Waals surface area contributed by atoms with Gasteiger partial charge >= 0.3 is 6.03 Å². The van der Waals surface area contributed by atoms with Gasteiger partial charge in [-0.3, -0.25) is 15.0 Å². The molecule has 1 atom stereocenters. The van der Waals surface area contributed by atoms with Gasteiger partial charge in [-0.1, -0.05) is 37.3 Å². The van der Waals surface area contributed by atoms with Gasteiger partial charge < -0.3 is 14.8 Å². The van der Waals surface area contributed by atoms with Gasteiger partial charge in [0.25, 0.3) is 5.91 Å². The molecule has 1 saturated heterocycles. The molecule has 2 aromatic rings. The van der Waals surface area contributed by atoms with E-state index in [2.05, 4.69) is 10.7 Å². The maximum Gasteiger partial charge on any atom is 0.344 e. The van der Waals surface area contributed by atoms with E-state index in [1.165, 1.54) is 11.8 Å². The standard InChI is InChI=1S/C21H21N3O5S/c1-2-21(14-6-4-3-5-7-14)19(26)24(20(27)22-21)23-18(25)13-30-15-8-9-16-17(12-15)29-11-10-28-16/h3-9,12H,2,10-11,13H2,1H3,(H,22,27)(H,23,25). The first kappa shape index (κ1) is 20.1. The van der Waals surface area contributed by atoms with E-state index >= 15 is 0 Å². The summed E-state index contributed by atoms with van der Waals surface area (Å²) in [6.07, 6.45) is 0.361. The molecule has 2 aromatic carbocycles. The van der Waals surface area contributed by atoms with Crippen molar-refractivity contribution in [3.8, 4) is 11.5 Å². The lowest BCUT2D eigenvalue weighted by Crippen LogP contribution is -2.49. The lowest BCUT2D eigenvalue weighted by Gasteiger charge is -2.25. The maximum absolute atomic E-state index is 13.0. The maximum atomic E-state index is 13.0. The molecule has 2 N–H and O–H groups in total. The summed E-state index contributed by atoms with van der Waals surface area (Å²) in [4.78, 5) is 38.7. The first-order valence-corrected chi connectivity index (χ1v) is 10.6. The van der Waals surface area contributed by atoms with Gasteiger partial charge in [0, 0.05) is 4.90 Å². The lowest BCUT2D eigenvalue weighted by atomic mass is 9.87. The van der Waals surface area contributed by atoms with Gasteiger partial charge in [0.2, 0.25) is 5.91 Å². The van der Waals surface area contributed by atoms with Crippen LogP contribution in [0.2, 0.25) is 0 Å². The largest absolute Gasteiger partial charge is 0.486 e. The van der Waals surface area contributed by atoms with Gasteiger partial charge in [0.05, 0.1) is 5.75 Å². The van der Waals surface area contributed by atoms with Gasteiger partial charge in [0.1, 0.15) is 18.8 Å². The van der Waals surface area contributed by atoms with Crippen LogP contribution in [0.4, 0.5) is 4.79 Å². The Bertz CT molecular complexity index is 984. The molecule has 0 spiro atoms. The molecule has 0 bridgehead atoms. The Balaban J connectivity index is 1.41. The van der Waals surface area contributed by atoms with E-state index in [-0.39, 0.29) is 5.75 Å². The summed E-state index contributed by atoms with van der Waals surface area (Å²) in [6.45, 7) is 2.80. The Morgan fingerprint density at radius 1 is 1.13 bits per heavy atom. The van der Waals surface area contributed by atoms with Crippen LogP contribution in [0.15, 0.2) is 53.4 Å². The van der Waals surface area contributed by atoms with Crippen LogP contribution in [0.1, 0.15) is 18.9 Å². The molecule has 1 fully saturated rings. The quantitative estimate of drug-likeness (QED) is 0.543. The lowest BCUT2D eigenvalue weighted by molar-refractivity contribution is -0.138. The first-order valence-electron chi connectivity index (χ1n) is 9.57. The van der Waals surface area contributed by atoms with Crippen molar-refractivity contribution in [3.63, 3.8) is 0 Å². The fraction of sp³-hybridized carbons (Fsp3) is 0.286. The molecule has 0 aromatic heterocycles. The third kappa shape index (κ3) is 3.68. The normalized spacial score (nSPS) is 20.1. The molecule has 2 aliphatic rings. The van der Waals surface area contributed by atoms with Crippen molar-refractivity contribution in [2.24, 2.45) is 0 Å². The second-order valence-corrected chi connectivity index (χ2v) is 7.87. The van der Waals surface area contributed by atoms with Crippen molar-refractivity contribution < 1.29 is 23.9 Å². The van der Waals surface area contributed by atoms with Gasteiger partial charge in [0.15, 0.2) is 11.5 Å². The number of hydrogen-bond donors (Lipinski definition) is 2. The van der Waals surface area contributed by atoms with E-state index in [4.69, 9.17) is 9.47 Å². The number of carbonyl (C=O) groups excluding carboxylic acids is 3. The van der Waals surface area contributed by atoms with Crippen LogP contribution in [0.5, 0.6) is 11.5 Å². The van der Waals surface area contributed by atoms with Gasteiger partial charge in [-0.05, 0) is 30.2 Å². The van der Waals surface area contributed by atoms with E-state index < -0.39 is 23.4 Å². The van der Waals surface area contributed by atoms with Crippen molar-refractivity contribution in [2.45, 2.75) is 23.8 Å². The average molecular weight is 427 g/mol. The number of benzene rings is 2. The number of nitrogens with zero attached hydrogens (tertiary/aromatic N) is 1. The molecular weight excluding hydrogens is 406 g/mol. The first-order chi connectivity index (χ1) is 14.5. The summed E-state index contributed by atoms with van der Waals surface area (Å²) >= 11 is 1.27. The molecule has 30 heavy (non-hydrogen) atoms. The Morgan fingerprint density at radius 3 is 2.60 bits per heavy atom. The minimum atomic E-state index is -1.19. The van der Waals surface area contributed by atoms with Gasteiger partial charge in [-0.2, -0.15) is 5.01 Å². The van der Waals surface area contributed by atoms with Crippen molar-refractivity contribution >= 4 is 29.6 Å². The van der Waals surface area contributed by atoms with E-state index in [1.54, 1.807) is 36.4 Å². The Hall–Kier alpha value is -3.20. The predicted octanol–water partition coefficient (Wildman–Crippen LogP) is 2.44. The number of hydrazine groups is 1. The monoisotopic (exact) mass is 427 g/mol. The summed E-state index contributed by atoms with van der Waals surface area (Å²) in [7, 11) is 0. The predicted molar refractivity (Wildman–Crippen MR) is 110 cm³/mol. The number of ether oxygens (including phenoxy) is 2. The molecule has 0 saturated carbocycles. The van der Waals surface area contributed by atoms with Crippen LogP contribution in [0.3, 0.4) is 0 Å². The van der Waals surface area contributed by atoms with Crippen LogP contribution >= 0.6 is 11.8 Å². The van der Waals surface area contributed by atoms with Gasteiger partial charge in [-0.25, -0.2) is 4.79 Å². The Labute approximate surface area is 177 Å². The third-order valence-corrected chi connectivity index (χ3v) is 6.00. The fourth-order valence-corrected chi connectivity index (χ4v) is 4.17. The van der Waals surface area contributed by atoms with Crippen molar-refractivity contribution in [2.75, 3.05) is 19.0 Å². The zero-order valence-corrected chi connectivity index (χ0v) is 17.2. The molecule has 8 nitrogen and oxygen atoms in total. The summed E-state index contributed by atoms with van der Waals surface area (Å²) in [6, 6.07) is 13.8. The highest BCUT2D eigenvalue weighted by atomic mass is 32.2. The van der Waals surface area contributed by atoms with E-state index in [0.717, 1.165) is 9.90 Å². The van der Waals surface area contributed by atoms with Crippen molar-refractivity contribution in [1.29, 1.82) is 0 Å². The van der Waals surface area contributed by atoms with E-state index in [9.17, 15) is 14.4 Å². The summed E-state index contributed by atoms with van der Waals surface area (Å²) in [5.41, 5.74) is 1.91. The van der Waals surface area contributed by atoms with Gasteiger partial charge in [-0.15, -0.1) is 11.8 Å². The second kappa shape index (κ2) is 8.27. The highest BCUT2D eigenvalue weighted by Gasteiger charge is 2.52. The number of hydrogen-bond acceptors (Lipinski definition) is 6. The van der Waals surface area contributed by atoms with Crippen LogP contribution in [0, 0.1) is 0 Å². The number of amides is 4. The highest BCUT2D eigenvalue weighted by Crippen LogP contribution is 2.34. The zero-order valence-electron chi connectivity index (χ0n) is 16.3. The average Bonchev–Trinajstić information content (AvgIpc) is 3.03. The van der Waals surface area contributed by atoms with Crippen molar-refractivity contribution in [3.05, 3.63) is 54.1 Å². The molecular formula is C21H21N3O5S. The number of imide groups is 1. The molecule has 2 aliphatic heterocycles. The minimum Gasteiger partial charge on any atom is -0.486 e. The molecule has 2 heterocycles. The Kier molecular flexibility index (Phi) is 5.54. The number of fused-ring (bicyclic) bond motifs is 1. The van der Waals surface area contributed by atoms with Crippen LogP contribution < -0.4 is 20.2 Å². The summed E-state index contributed by atoms with van der Waals surface area (Å²) < 4.78 is 11.0. The number of thioether (sulfide) groups is 1. The van der Waals surface area contributed by atoms with E-state index in [0.29, 0.717) is 36.7 Å². The molecule has 0 radical (unpaired) electrons. The molecule has 9 heteroatoms. The van der Waals surface area contributed by atoms with Crippen LogP contribution in [-0.2, 0) is 15.1 Å². The molecule has 1 unspecified atom stereocenters. The van der Waals surface area contributed by atoms with Crippen LogP contribution in [0.25, 0.3) is 0 Å². The number of carbonyl (C=O) groups is 3. The second-order valence-electron chi connectivity index (χ2n) is 6.82. The SMILES string of the molecule is CCC1(c2ccccc2)NC(=O)N(NC(=O)CSc2ccc3c(c2)OCCO3)C1=O. The smallest absolute Gasteiger partial charge is 0.344 e. The molecule has 4 rings (SSSR count). The topological polar surface area (TPSA) is 97.0 Å². The van der Waals surface area contributed by atoms with Crippen LogP contribution in [-0.4, -0.2) is 41.8 Å².